The highest BCUT2D eigenvalue weighted by molar-refractivity contribution is 5.85. The molecule has 24 heavy (non-hydrogen) atoms. The molecule has 1 atom stereocenters. The lowest BCUT2D eigenvalue weighted by molar-refractivity contribution is -0.119. The largest absolute Gasteiger partial charge is 0.493 e. The van der Waals surface area contributed by atoms with Gasteiger partial charge in [-0.2, -0.15) is 0 Å². The summed E-state index contributed by atoms with van der Waals surface area (Å²) < 4.78 is 16.2. The van der Waals surface area contributed by atoms with E-state index in [1.54, 1.807) is 14.2 Å². The maximum atomic E-state index is 10.9. The second-order valence-corrected chi connectivity index (χ2v) is 5.67. The number of nitrogens with zero attached hydrogens (tertiary/aromatic N) is 1. The van der Waals surface area contributed by atoms with E-state index in [2.05, 4.69) is 17.1 Å². The fourth-order valence-electron chi connectivity index (χ4n) is 2.73. The molecule has 0 radical (unpaired) electrons. The van der Waals surface area contributed by atoms with Gasteiger partial charge in [-0.05, 0) is 24.6 Å². The third kappa shape index (κ3) is 5.43. The van der Waals surface area contributed by atoms with Gasteiger partial charge in [0.1, 0.15) is 0 Å². The van der Waals surface area contributed by atoms with E-state index in [0.717, 1.165) is 31.7 Å². The van der Waals surface area contributed by atoms with Gasteiger partial charge < -0.3 is 25.3 Å². The van der Waals surface area contributed by atoms with E-state index >= 15 is 0 Å². The Morgan fingerprint density at radius 1 is 1.33 bits per heavy atom. The van der Waals surface area contributed by atoms with Gasteiger partial charge in [-0.25, -0.2) is 0 Å². The molecule has 1 aliphatic heterocycles. The molecule has 0 unspecified atom stereocenters. The second-order valence-electron chi connectivity index (χ2n) is 5.67. The van der Waals surface area contributed by atoms with Crippen LogP contribution in [0.25, 0.3) is 0 Å². The molecule has 1 aliphatic rings. The summed E-state index contributed by atoms with van der Waals surface area (Å²) >= 11 is 0. The van der Waals surface area contributed by atoms with Crippen LogP contribution < -0.4 is 25.3 Å². The Morgan fingerprint density at radius 3 is 2.46 bits per heavy atom. The molecule has 1 saturated heterocycles. The van der Waals surface area contributed by atoms with Crippen LogP contribution in [0.1, 0.15) is 12.5 Å². The first-order valence-electron chi connectivity index (χ1n) is 7.65. The minimum absolute atomic E-state index is 0. The predicted octanol–water partition coefficient (Wildman–Crippen LogP) is 0.783. The molecule has 0 saturated carbocycles. The number of nitrogens with one attached hydrogen (secondary N) is 1. The van der Waals surface area contributed by atoms with Gasteiger partial charge in [-0.15, -0.1) is 12.4 Å². The van der Waals surface area contributed by atoms with Crippen molar-refractivity contribution in [3.63, 3.8) is 0 Å². The Labute approximate surface area is 148 Å². The Bertz CT molecular complexity index is 531. The molecule has 0 spiro atoms. The van der Waals surface area contributed by atoms with Crippen molar-refractivity contribution in [2.24, 2.45) is 5.73 Å². The van der Waals surface area contributed by atoms with Gasteiger partial charge in [-0.1, -0.05) is 0 Å². The van der Waals surface area contributed by atoms with Crippen LogP contribution in [0, 0.1) is 0 Å². The molecule has 8 heteroatoms. The van der Waals surface area contributed by atoms with Crippen LogP contribution in [-0.4, -0.2) is 57.3 Å². The van der Waals surface area contributed by atoms with Crippen molar-refractivity contribution in [3.05, 3.63) is 17.7 Å². The Morgan fingerprint density at radius 2 is 1.96 bits per heavy atom. The zero-order valence-corrected chi connectivity index (χ0v) is 15.1. The average Bonchev–Trinajstić information content (AvgIpc) is 2.52. The summed E-state index contributed by atoms with van der Waals surface area (Å²) in [5.74, 6) is 0.909. The summed E-state index contributed by atoms with van der Waals surface area (Å²) in [6, 6.07) is 4.29. The van der Waals surface area contributed by atoms with E-state index in [-0.39, 0.29) is 19.0 Å². The normalized spacial score (nSPS) is 17.7. The van der Waals surface area contributed by atoms with Gasteiger partial charge in [0.15, 0.2) is 18.1 Å². The van der Waals surface area contributed by atoms with Crippen LogP contribution >= 0.6 is 12.4 Å². The molecule has 0 bridgehead atoms. The van der Waals surface area contributed by atoms with Crippen LogP contribution in [0.5, 0.6) is 17.2 Å². The van der Waals surface area contributed by atoms with E-state index in [4.69, 9.17) is 19.9 Å². The number of primary amides is 1. The third-order valence-corrected chi connectivity index (χ3v) is 3.74. The number of hydrogen-bond acceptors (Lipinski definition) is 6. The van der Waals surface area contributed by atoms with E-state index < -0.39 is 5.91 Å². The van der Waals surface area contributed by atoms with Gasteiger partial charge >= 0.3 is 0 Å². The van der Waals surface area contributed by atoms with E-state index in [9.17, 15) is 4.79 Å². The Balaban J connectivity index is 0.00000288. The molecule has 0 aromatic heterocycles. The molecule has 7 nitrogen and oxygen atoms in total. The van der Waals surface area contributed by atoms with Crippen molar-refractivity contribution in [1.29, 1.82) is 0 Å². The van der Waals surface area contributed by atoms with Crippen LogP contribution in [0.15, 0.2) is 12.1 Å². The first kappa shape index (κ1) is 20.3. The Hall–Kier alpha value is -1.70. The third-order valence-electron chi connectivity index (χ3n) is 3.74. The van der Waals surface area contributed by atoms with Crippen LogP contribution in [0.3, 0.4) is 0 Å². The lowest BCUT2D eigenvalue weighted by atomic mass is 10.1. The van der Waals surface area contributed by atoms with Crippen LogP contribution in [0.2, 0.25) is 0 Å². The molecule has 1 heterocycles. The first-order valence-corrected chi connectivity index (χ1v) is 7.65. The number of piperazine rings is 1. The molecular formula is C16H26ClN3O4. The minimum atomic E-state index is -0.548. The smallest absolute Gasteiger partial charge is 0.255 e. The quantitative estimate of drug-likeness (QED) is 0.748. The SMILES string of the molecule is COc1cc(CN2CCN[C@@H](C)C2)cc(OC)c1OCC(N)=O.Cl. The molecule has 1 fully saturated rings. The van der Waals surface area contributed by atoms with Crippen molar-refractivity contribution < 1.29 is 19.0 Å². The lowest BCUT2D eigenvalue weighted by Gasteiger charge is -2.32. The van der Waals surface area contributed by atoms with Crippen molar-refractivity contribution in [3.8, 4) is 17.2 Å². The number of benzene rings is 1. The molecule has 2 rings (SSSR count). The van der Waals surface area contributed by atoms with Gasteiger partial charge in [0.2, 0.25) is 5.75 Å². The van der Waals surface area contributed by atoms with E-state index in [1.807, 2.05) is 12.1 Å². The standard InChI is InChI=1S/C16H25N3O4.ClH/c1-11-8-19(5-4-18-11)9-12-6-13(21-2)16(14(7-12)22-3)23-10-15(17)20;/h6-7,11,18H,4-5,8-10H2,1-3H3,(H2,17,20);1H/t11-;/m0./s1. The highest BCUT2D eigenvalue weighted by atomic mass is 35.5. The molecule has 3 N–H and O–H groups in total. The zero-order valence-electron chi connectivity index (χ0n) is 14.3. The van der Waals surface area contributed by atoms with Gasteiger partial charge in [0.25, 0.3) is 5.91 Å². The fourth-order valence-corrected chi connectivity index (χ4v) is 2.73. The topological polar surface area (TPSA) is 86.1 Å². The van der Waals surface area contributed by atoms with Gasteiger partial charge in [0.05, 0.1) is 14.2 Å². The highest BCUT2D eigenvalue weighted by Crippen LogP contribution is 2.38. The van der Waals surface area contributed by atoms with Gasteiger partial charge in [-0.3, -0.25) is 9.69 Å². The lowest BCUT2D eigenvalue weighted by Crippen LogP contribution is -2.48. The molecule has 1 aromatic carbocycles. The Kier molecular flexibility index (Phi) is 8.10. The molecule has 1 aromatic rings. The van der Waals surface area contributed by atoms with Crippen molar-refractivity contribution in [2.45, 2.75) is 19.5 Å². The van der Waals surface area contributed by atoms with E-state index in [1.165, 1.54) is 0 Å². The summed E-state index contributed by atoms with van der Waals surface area (Å²) in [7, 11) is 3.12. The number of rotatable bonds is 7. The van der Waals surface area contributed by atoms with E-state index in [0.29, 0.717) is 23.3 Å². The van der Waals surface area contributed by atoms with Crippen molar-refractivity contribution in [2.75, 3.05) is 40.5 Å². The van der Waals surface area contributed by atoms with Gasteiger partial charge in [0, 0.05) is 32.2 Å². The highest BCUT2D eigenvalue weighted by Gasteiger charge is 2.19. The van der Waals surface area contributed by atoms with Crippen LogP contribution in [-0.2, 0) is 11.3 Å². The second kappa shape index (κ2) is 9.56. The molecular weight excluding hydrogens is 334 g/mol. The summed E-state index contributed by atoms with van der Waals surface area (Å²) in [6.45, 7) is 5.72. The fraction of sp³-hybridized carbons (Fsp3) is 0.562. The number of methoxy groups -OCH3 is 2. The molecule has 1 amide bonds. The van der Waals surface area contributed by atoms with Crippen molar-refractivity contribution in [1.82, 2.24) is 10.2 Å². The number of carbonyl (C=O) groups excluding carboxylic acids is 1. The van der Waals surface area contributed by atoms with Crippen molar-refractivity contribution >= 4 is 18.3 Å². The van der Waals surface area contributed by atoms with Crippen LogP contribution in [0.4, 0.5) is 0 Å². The summed E-state index contributed by atoms with van der Waals surface area (Å²) in [5, 5.41) is 3.42. The number of ether oxygens (including phenoxy) is 3. The number of halogens is 1. The number of nitrogens with two attached hydrogens (primary N) is 1. The molecule has 0 aliphatic carbocycles. The summed E-state index contributed by atoms with van der Waals surface area (Å²) in [5.41, 5.74) is 6.20. The average molecular weight is 360 g/mol. The molecule has 136 valence electrons. The number of carbonyl (C=O) groups is 1. The maximum Gasteiger partial charge on any atom is 0.255 e. The number of hydrogen-bond donors (Lipinski definition) is 2. The monoisotopic (exact) mass is 359 g/mol. The first-order chi connectivity index (χ1) is 11.0. The predicted molar refractivity (Wildman–Crippen MR) is 94.2 cm³/mol. The minimum Gasteiger partial charge on any atom is -0.493 e. The zero-order chi connectivity index (χ0) is 16.8. The number of amides is 1. The summed E-state index contributed by atoms with van der Waals surface area (Å²) in [4.78, 5) is 13.3. The maximum absolute atomic E-state index is 10.9. The summed E-state index contributed by atoms with van der Waals surface area (Å²) in [6.07, 6.45) is 0.